The van der Waals surface area contributed by atoms with Crippen molar-refractivity contribution in [3.8, 4) is 23.1 Å². The highest BCUT2D eigenvalue weighted by Gasteiger charge is 2.21. The van der Waals surface area contributed by atoms with Crippen molar-refractivity contribution in [2.45, 2.75) is 13.5 Å². The molecule has 156 valence electrons. The Morgan fingerprint density at radius 3 is 2.30 bits per heavy atom. The number of amides is 1. The lowest BCUT2D eigenvalue weighted by atomic mass is 10.1. The maximum atomic E-state index is 13.8. The summed E-state index contributed by atoms with van der Waals surface area (Å²) in [5.41, 5.74) is 0.919. The lowest BCUT2D eigenvalue weighted by Gasteiger charge is -2.24. The molecule has 3 rings (SSSR count). The fraction of sp³-hybridized carbons (Fsp3) is 0.182. The highest BCUT2D eigenvalue weighted by atomic mass is 19.1. The predicted molar refractivity (Wildman–Crippen MR) is 107 cm³/mol. The molecule has 0 fully saturated rings. The smallest absolute Gasteiger partial charge is 0.246 e. The number of rotatable bonds is 7. The van der Waals surface area contributed by atoms with Gasteiger partial charge in [0, 0.05) is 12.5 Å². The summed E-state index contributed by atoms with van der Waals surface area (Å²) in [5.74, 6) is -0.273. The van der Waals surface area contributed by atoms with Crippen LogP contribution in [0.4, 0.5) is 14.5 Å². The third-order valence-electron chi connectivity index (χ3n) is 4.32. The first kappa shape index (κ1) is 21.0. The van der Waals surface area contributed by atoms with Crippen LogP contribution < -0.4 is 19.1 Å². The molecule has 0 N–H and O–H groups in total. The van der Waals surface area contributed by atoms with E-state index in [1.807, 2.05) is 0 Å². The minimum absolute atomic E-state index is 0.1000. The van der Waals surface area contributed by atoms with E-state index in [1.54, 1.807) is 18.2 Å². The van der Waals surface area contributed by atoms with Crippen LogP contribution in [-0.4, -0.2) is 25.1 Å². The van der Waals surface area contributed by atoms with E-state index in [1.165, 1.54) is 56.4 Å². The minimum atomic E-state index is -0.779. The van der Waals surface area contributed by atoms with Crippen molar-refractivity contribution in [3.05, 3.63) is 71.9 Å². The molecule has 8 heteroatoms. The fourth-order valence-electron chi connectivity index (χ4n) is 2.85. The maximum absolute atomic E-state index is 13.8. The number of benzene rings is 2. The Morgan fingerprint density at radius 1 is 0.967 bits per heavy atom. The van der Waals surface area contributed by atoms with Gasteiger partial charge >= 0.3 is 0 Å². The normalized spacial score (nSPS) is 10.4. The Labute approximate surface area is 172 Å². The summed E-state index contributed by atoms with van der Waals surface area (Å²) < 4.78 is 43.3. The van der Waals surface area contributed by atoms with Crippen molar-refractivity contribution < 1.29 is 27.8 Å². The van der Waals surface area contributed by atoms with Crippen LogP contribution in [0.25, 0.3) is 0 Å². The van der Waals surface area contributed by atoms with Gasteiger partial charge < -0.3 is 19.1 Å². The van der Waals surface area contributed by atoms with E-state index >= 15 is 0 Å². The first-order valence-corrected chi connectivity index (χ1v) is 9.00. The fourth-order valence-corrected chi connectivity index (χ4v) is 2.85. The van der Waals surface area contributed by atoms with E-state index in [2.05, 4.69) is 4.98 Å². The summed E-state index contributed by atoms with van der Waals surface area (Å²) in [5, 5.41) is 0. The van der Waals surface area contributed by atoms with E-state index in [4.69, 9.17) is 14.2 Å². The van der Waals surface area contributed by atoms with Crippen molar-refractivity contribution in [2.24, 2.45) is 0 Å². The highest BCUT2D eigenvalue weighted by molar-refractivity contribution is 5.92. The van der Waals surface area contributed by atoms with Crippen LogP contribution in [0.3, 0.4) is 0 Å². The number of hydrogen-bond acceptors (Lipinski definition) is 5. The van der Waals surface area contributed by atoms with Gasteiger partial charge in [0.1, 0.15) is 28.8 Å². The van der Waals surface area contributed by atoms with Gasteiger partial charge in [-0.1, -0.05) is 0 Å². The number of ether oxygens (including phenoxy) is 3. The zero-order chi connectivity index (χ0) is 21.7. The molecular formula is C22H20F2N2O4. The summed E-state index contributed by atoms with van der Waals surface area (Å²) in [4.78, 5) is 17.6. The molecule has 3 aromatic rings. The predicted octanol–water partition coefficient (Wildman–Crippen LogP) is 4.72. The van der Waals surface area contributed by atoms with E-state index < -0.39 is 11.8 Å². The van der Waals surface area contributed by atoms with Gasteiger partial charge in [-0.3, -0.25) is 4.79 Å². The van der Waals surface area contributed by atoms with Crippen LogP contribution >= 0.6 is 0 Å². The highest BCUT2D eigenvalue weighted by Crippen LogP contribution is 2.34. The molecule has 1 amide bonds. The molecule has 0 spiro atoms. The molecule has 0 atom stereocenters. The minimum Gasteiger partial charge on any atom is -0.497 e. The van der Waals surface area contributed by atoms with Gasteiger partial charge in [-0.05, 0) is 54.6 Å². The summed E-state index contributed by atoms with van der Waals surface area (Å²) in [6, 6.07) is 12.9. The molecule has 2 aromatic carbocycles. The van der Waals surface area contributed by atoms with Crippen LogP contribution in [0.2, 0.25) is 0 Å². The monoisotopic (exact) mass is 414 g/mol. The van der Waals surface area contributed by atoms with Gasteiger partial charge in [0.15, 0.2) is 0 Å². The Bertz CT molecular complexity index is 1040. The van der Waals surface area contributed by atoms with Crippen LogP contribution in [0.1, 0.15) is 12.5 Å². The van der Waals surface area contributed by atoms with E-state index in [0.717, 1.165) is 6.07 Å². The second-order valence-corrected chi connectivity index (χ2v) is 6.30. The van der Waals surface area contributed by atoms with E-state index in [-0.39, 0.29) is 29.8 Å². The lowest BCUT2D eigenvalue weighted by molar-refractivity contribution is -0.116. The molecule has 30 heavy (non-hydrogen) atoms. The largest absolute Gasteiger partial charge is 0.497 e. The van der Waals surface area contributed by atoms with Gasteiger partial charge in [-0.15, -0.1) is 0 Å². The number of halogens is 2. The molecule has 1 aromatic heterocycles. The zero-order valence-electron chi connectivity index (χ0n) is 16.7. The molecule has 1 heterocycles. The number of pyridine rings is 1. The Kier molecular flexibility index (Phi) is 6.46. The second kappa shape index (κ2) is 9.21. The molecule has 0 saturated heterocycles. The molecule has 0 aliphatic rings. The van der Waals surface area contributed by atoms with Crippen molar-refractivity contribution in [1.82, 2.24) is 4.98 Å². The van der Waals surface area contributed by atoms with E-state index in [0.29, 0.717) is 17.1 Å². The van der Waals surface area contributed by atoms with Gasteiger partial charge in [0.25, 0.3) is 0 Å². The molecule has 0 bridgehead atoms. The Hall–Kier alpha value is -3.68. The zero-order valence-corrected chi connectivity index (χ0v) is 16.7. The summed E-state index contributed by atoms with van der Waals surface area (Å²) in [6.45, 7) is 1.47. The topological polar surface area (TPSA) is 60.9 Å². The molecule has 0 unspecified atom stereocenters. The quantitative estimate of drug-likeness (QED) is 0.524. The third-order valence-corrected chi connectivity index (χ3v) is 4.32. The number of anilines is 1. The summed E-state index contributed by atoms with van der Waals surface area (Å²) in [6.07, 6.45) is 0. The van der Waals surface area contributed by atoms with Crippen LogP contribution in [0, 0.1) is 11.8 Å². The van der Waals surface area contributed by atoms with Crippen molar-refractivity contribution >= 4 is 11.6 Å². The number of carbonyl (C=O) groups excluding carboxylic acids is 1. The first-order chi connectivity index (χ1) is 14.4. The lowest BCUT2D eigenvalue weighted by Crippen LogP contribution is -2.28. The van der Waals surface area contributed by atoms with Crippen LogP contribution in [0.5, 0.6) is 23.1 Å². The number of nitrogens with zero attached hydrogens (tertiary/aromatic N) is 2. The molecule has 0 aliphatic heterocycles. The SMILES string of the molecule is COc1ccc(OC)c(CN(C(C)=O)c2ccc(F)nc2Oc2ccc(F)cc2)c1. The summed E-state index contributed by atoms with van der Waals surface area (Å²) in [7, 11) is 3.05. The van der Waals surface area contributed by atoms with Crippen LogP contribution in [-0.2, 0) is 11.3 Å². The third kappa shape index (κ3) is 4.83. The second-order valence-electron chi connectivity index (χ2n) is 6.30. The van der Waals surface area contributed by atoms with Crippen molar-refractivity contribution in [3.63, 3.8) is 0 Å². The van der Waals surface area contributed by atoms with Gasteiger partial charge in [0.05, 0.1) is 20.8 Å². The molecular weight excluding hydrogens is 394 g/mol. The maximum Gasteiger partial charge on any atom is 0.246 e. The number of aromatic nitrogens is 1. The Morgan fingerprint density at radius 2 is 1.67 bits per heavy atom. The molecule has 6 nitrogen and oxygen atoms in total. The Balaban J connectivity index is 2.00. The van der Waals surface area contributed by atoms with Gasteiger partial charge in [-0.2, -0.15) is 9.37 Å². The molecule has 0 saturated carbocycles. The average molecular weight is 414 g/mol. The molecule has 0 radical (unpaired) electrons. The first-order valence-electron chi connectivity index (χ1n) is 9.00. The van der Waals surface area contributed by atoms with Crippen molar-refractivity contribution in [1.29, 1.82) is 0 Å². The number of hydrogen-bond donors (Lipinski definition) is 0. The standard InChI is InChI=1S/C22H20F2N2O4/c1-14(27)26(13-15-12-18(28-2)8-10-20(15)29-3)19-9-11-21(24)25-22(19)30-17-6-4-16(23)5-7-17/h4-12H,13H2,1-3H3. The van der Waals surface area contributed by atoms with E-state index in [9.17, 15) is 13.6 Å². The van der Waals surface area contributed by atoms with Gasteiger partial charge in [-0.25, -0.2) is 4.39 Å². The number of methoxy groups -OCH3 is 2. The summed E-state index contributed by atoms with van der Waals surface area (Å²) >= 11 is 0. The molecule has 0 aliphatic carbocycles. The average Bonchev–Trinajstić information content (AvgIpc) is 2.74. The van der Waals surface area contributed by atoms with Crippen LogP contribution in [0.15, 0.2) is 54.6 Å². The van der Waals surface area contributed by atoms with Crippen molar-refractivity contribution in [2.75, 3.05) is 19.1 Å². The van der Waals surface area contributed by atoms with Gasteiger partial charge in [0.2, 0.25) is 17.7 Å². The number of carbonyl (C=O) groups is 1.